The first kappa shape index (κ1) is 12.4. The molecule has 1 atom stereocenters. The fraction of sp³-hybridized carbons (Fsp3) is 0.545. The van der Waals surface area contributed by atoms with Gasteiger partial charge in [0.15, 0.2) is 6.17 Å². The van der Waals surface area contributed by atoms with Crippen molar-refractivity contribution in [3.05, 3.63) is 17.2 Å². The van der Waals surface area contributed by atoms with Gasteiger partial charge in [-0.3, -0.25) is 0 Å². The Hall–Kier alpha value is -2.05. The highest BCUT2D eigenvalue weighted by Crippen LogP contribution is 2.26. The Kier molecular flexibility index (Phi) is 3.22. The van der Waals surface area contributed by atoms with Crippen LogP contribution in [-0.4, -0.2) is 33.3 Å². The first-order valence-corrected chi connectivity index (χ1v) is 6.06. The van der Waals surface area contributed by atoms with E-state index in [0.717, 1.165) is 23.6 Å². The van der Waals surface area contributed by atoms with E-state index in [1.165, 1.54) is 0 Å². The van der Waals surface area contributed by atoms with Gasteiger partial charge in [0, 0.05) is 12.2 Å². The molecule has 98 valence electrons. The molecule has 7 heteroatoms. The lowest BCUT2D eigenvalue weighted by Crippen LogP contribution is -2.44. The molecule has 0 saturated heterocycles. The monoisotopic (exact) mass is 249 g/mol. The molecule has 1 aromatic rings. The molecule has 2 rings (SSSR count). The second-order valence-corrected chi connectivity index (χ2v) is 4.16. The molecule has 2 heterocycles. The Morgan fingerprint density at radius 2 is 2.06 bits per heavy atom. The zero-order valence-electron chi connectivity index (χ0n) is 10.9. The third-order valence-corrected chi connectivity index (χ3v) is 2.94. The summed E-state index contributed by atoms with van der Waals surface area (Å²) in [6.07, 6.45) is 0.573. The maximum absolute atomic E-state index is 5.88. The Bertz CT molecular complexity index is 499. The summed E-state index contributed by atoms with van der Waals surface area (Å²) in [6, 6.07) is 0. The second-order valence-electron chi connectivity index (χ2n) is 4.16. The normalized spacial score (nSPS) is 19.7. The Balaban J connectivity index is 2.45. The summed E-state index contributed by atoms with van der Waals surface area (Å²) >= 11 is 0. The van der Waals surface area contributed by atoms with E-state index >= 15 is 0 Å². The third-order valence-electron chi connectivity index (χ3n) is 2.94. The number of imidazole rings is 1. The fourth-order valence-electron chi connectivity index (χ4n) is 2.12. The number of nitrogens with two attached hydrogens (primary N) is 2. The van der Waals surface area contributed by atoms with Gasteiger partial charge in [-0.25, -0.2) is 9.98 Å². The Morgan fingerprint density at radius 1 is 1.33 bits per heavy atom. The quantitative estimate of drug-likeness (QED) is 0.713. The SMILES string of the molecule is CCc1[nH]c(C)nc1C1N=C(N)N=C(N)N1CC. The van der Waals surface area contributed by atoms with Crippen LogP contribution >= 0.6 is 0 Å². The highest BCUT2D eigenvalue weighted by atomic mass is 15.4. The first-order chi connectivity index (χ1) is 8.56. The van der Waals surface area contributed by atoms with Crippen molar-refractivity contribution in [2.45, 2.75) is 33.4 Å². The number of nitrogens with zero attached hydrogens (tertiary/aromatic N) is 4. The fourth-order valence-corrected chi connectivity index (χ4v) is 2.12. The number of aromatic amines is 1. The third kappa shape index (κ3) is 2.03. The number of H-pyrrole nitrogens is 1. The summed E-state index contributed by atoms with van der Waals surface area (Å²) in [5, 5.41) is 0. The van der Waals surface area contributed by atoms with Gasteiger partial charge in [-0.1, -0.05) is 6.92 Å². The molecule has 0 amide bonds. The van der Waals surface area contributed by atoms with Crippen LogP contribution in [0.5, 0.6) is 0 Å². The van der Waals surface area contributed by atoms with Crippen molar-refractivity contribution in [3.8, 4) is 0 Å². The minimum absolute atomic E-state index is 0.199. The summed E-state index contributed by atoms with van der Waals surface area (Å²) < 4.78 is 0. The van der Waals surface area contributed by atoms with Crippen molar-refractivity contribution in [3.63, 3.8) is 0 Å². The van der Waals surface area contributed by atoms with Gasteiger partial charge in [-0.05, 0) is 20.3 Å². The van der Waals surface area contributed by atoms with Crippen molar-refractivity contribution in [1.82, 2.24) is 14.9 Å². The number of aryl methyl sites for hydroxylation is 2. The topological polar surface area (TPSA) is 109 Å². The number of nitrogens with one attached hydrogen (secondary N) is 1. The van der Waals surface area contributed by atoms with Crippen LogP contribution in [0.3, 0.4) is 0 Å². The van der Waals surface area contributed by atoms with Crippen LogP contribution in [-0.2, 0) is 6.42 Å². The van der Waals surface area contributed by atoms with E-state index in [1.54, 1.807) is 0 Å². The van der Waals surface area contributed by atoms with Gasteiger partial charge < -0.3 is 21.4 Å². The predicted molar refractivity (Wildman–Crippen MR) is 71.1 cm³/mol. The maximum atomic E-state index is 5.88. The highest BCUT2D eigenvalue weighted by Gasteiger charge is 2.28. The molecule has 18 heavy (non-hydrogen) atoms. The number of guanidine groups is 2. The number of rotatable bonds is 3. The largest absolute Gasteiger partial charge is 0.369 e. The molecular formula is C11H19N7. The number of hydrogen-bond donors (Lipinski definition) is 3. The van der Waals surface area contributed by atoms with Gasteiger partial charge in [-0.2, -0.15) is 4.99 Å². The molecule has 7 nitrogen and oxygen atoms in total. The lowest BCUT2D eigenvalue weighted by atomic mass is 10.2. The van der Waals surface area contributed by atoms with Crippen LogP contribution in [0.25, 0.3) is 0 Å². The molecule has 0 aliphatic carbocycles. The minimum atomic E-state index is -0.285. The number of aliphatic imine (C=N–C) groups is 2. The van der Waals surface area contributed by atoms with Gasteiger partial charge in [0.05, 0.1) is 0 Å². The second kappa shape index (κ2) is 4.67. The van der Waals surface area contributed by atoms with Gasteiger partial charge >= 0.3 is 0 Å². The summed E-state index contributed by atoms with van der Waals surface area (Å²) in [7, 11) is 0. The molecule has 0 spiro atoms. The van der Waals surface area contributed by atoms with Crippen molar-refractivity contribution in [2.24, 2.45) is 21.5 Å². The van der Waals surface area contributed by atoms with Crippen LogP contribution < -0.4 is 11.5 Å². The Morgan fingerprint density at radius 3 is 2.67 bits per heavy atom. The highest BCUT2D eigenvalue weighted by molar-refractivity contribution is 5.95. The van der Waals surface area contributed by atoms with E-state index in [1.807, 2.05) is 18.7 Å². The maximum Gasteiger partial charge on any atom is 0.221 e. The zero-order chi connectivity index (χ0) is 13.3. The zero-order valence-corrected chi connectivity index (χ0v) is 10.9. The molecule has 0 fully saturated rings. The molecule has 1 aromatic heterocycles. The van der Waals surface area contributed by atoms with Crippen LogP contribution in [0.1, 0.15) is 37.2 Å². The van der Waals surface area contributed by atoms with E-state index < -0.39 is 0 Å². The van der Waals surface area contributed by atoms with Crippen molar-refractivity contribution in [1.29, 1.82) is 0 Å². The smallest absolute Gasteiger partial charge is 0.221 e. The van der Waals surface area contributed by atoms with Crippen LogP contribution in [0.15, 0.2) is 9.98 Å². The van der Waals surface area contributed by atoms with Gasteiger partial charge in [0.1, 0.15) is 11.5 Å². The molecule has 5 N–H and O–H groups in total. The van der Waals surface area contributed by atoms with Gasteiger partial charge in [0.25, 0.3) is 0 Å². The van der Waals surface area contributed by atoms with E-state index in [4.69, 9.17) is 11.5 Å². The molecule has 0 bridgehead atoms. The minimum Gasteiger partial charge on any atom is -0.369 e. The summed E-state index contributed by atoms with van der Waals surface area (Å²) in [5.41, 5.74) is 13.5. The van der Waals surface area contributed by atoms with E-state index in [-0.39, 0.29) is 12.1 Å². The molecule has 0 aromatic carbocycles. The van der Waals surface area contributed by atoms with E-state index in [2.05, 4.69) is 26.9 Å². The van der Waals surface area contributed by atoms with E-state index in [0.29, 0.717) is 12.5 Å². The van der Waals surface area contributed by atoms with Crippen molar-refractivity contribution >= 4 is 11.9 Å². The number of aromatic nitrogens is 2. The Labute approximate surface area is 106 Å². The average molecular weight is 249 g/mol. The molecule has 0 radical (unpaired) electrons. The van der Waals surface area contributed by atoms with Crippen LogP contribution in [0.4, 0.5) is 0 Å². The summed E-state index contributed by atoms with van der Waals surface area (Å²) in [5.74, 6) is 1.45. The lowest BCUT2D eigenvalue weighted by molar-refractivity contribution is 0.324. The standard InChI is InChI=1S/C11H19N7/c1-4-7-8(15-6(3)14-7)9-16-10(12)17-11(13)18(9)5-2/h9H,4-5H2,1-3H3,(H,14,15)(H4,12,13,16,17). The van der Waals surface area contributed by atoms with Crippen molar-refractivity contribution in [2.75, 3.05) is 6.54 Å². The van der Waals surface area contributed by atoms with Crippen molar-refractivity contribution < 1.29 is 0 Å². The lowest BCUT2D eigenvalue weighted by Gasteiger charge is -2.30. The average Bonchev–Trinajstić information content (AvgIpc) is 2.69. The predicted octanol–water partition coefficient (Wildman–Crippen LogP) is 0.244. The van der Waals surface area contributed by atoms with E-state index in [9.17, 15) is 0 Å². The molecule has 1 unspecified atom stereocenters. The molecular weight excluding hydrogens is 230 g/mol. The molecule has 0 saturated carbocycles. The van der Waals surface area contributed by atoms with Gasteiger partial charge in [-0.15, -0.1) is 0 Å². The molecule has 1 aliphatic heterocycles. The van der Waals surface area contributed by atoms with Crippen LogP contribution in [0, 0.1) is 6.92 Å². The molecule has 1 aliphatic rings. The number of hydrogen-bond acceptors (Lipinski definition) is 6. The summed E-state index contributed by atoms with van der Waals surface area (Å²) in [6.45, 7) is 6.69. The van der Waals surface area contributed by atoms with Gasteiger partial charge in [0.2, 0.25) is 11.9 Å². The summed E-state index contributed by atoms with van der Waals surface area (Å²) in [4.78, 5) is 17.9. The van der Waals surface area contributed by atoms with Crippen LogP contribution in [0.2, 0.25) is 0 Å². The first-order valence-electron chi connectivity index (χ1n) is 6.06.